The van der Waals surface area contributed by atoms with Crippen LogP contribution in [0.5, 0.6) is 0 Å². The number of allylic oxidation sites excluding steroid dienone is 1. The molecule has 0 saturated carbocycles. The molecule has 0 radical (unpaired) electrons. The van der Waals surface area contributed by atoms with Crippen LogP contribution in [-0.2, 0) is 14.3 Å². The Kier molecular flexibility index (Phi) is 8.13. The predicted octanol–water partition coefficient (Wildman–Crippen LogP) is 4.14. The van der Waals surface area contributed by atoms with Gasteiger partial charge in [0.1, 0.15) is 13.2 Å². The Balaban J connectivity index is 1.34. The molecule has 0 fully saturated rings. The molecule has 184 valence electrons. The first kappa shape index (κ1) is 24.9. The van der Waals surface area contributed by atoms with Gasteiger partial charge in [0.2, 0.25) is 5.91 Å². The normalized spacial score (nSPS) is 18.4. The van der Waals surface area contributed by atoms with Crippen LogP contribution in [0, 0.1) is 5.92 Å². The second kappa shape index (κ2) is 11.4. The van der Waals surface area contributed by atoms with E-state index in [9.17, 15) is 19.5 Å². The van der Waals surface area contributed by atoms with E-state index < -0.39 is 12.1 Å². The Morgan fingerprint density at radius 1 is 1.09 bits per heavy atom. The molecule has 2 aliphatic rings. The number of carboxylic acids is 1. The molecule has 2 aromatic rings. The third-order valence-electron chi connectivity index (χ3n) is 6.53. The summed E-state index contributed by atoms with van der Waals surface area (Å²) >= 11 is 1.56. The molecule has 0 unspecified atom stereocenters. The van der Waals surface area contributed by atoms with E-state index in [1.807, 2.05) is 42.7 Å². The Morgan fingerprint density at radius 3 is 2.37 bits per heavy atom. The largest absolute Gasteiger partial charge is 0.480 e. The molecule has 2 N–H and O–H groups in total. The van der Waals surface area contributed by atoms with Gasteiger partial charge in [0, 0.05) is 24.1 Å². The highest BCUT2D eigenvalue weighted by Crippen LogP contribution is 2.44. The number of rotatable bonds is 9. The van der Waals surface area contributed by atoms with E-state index in [0.29, 0.717) is 25.1 Å². The van der Waals surface area contributed by atoms with Crippen molar-refractivity contribution in [3.8, 4) is 11.1 Å². The molecule has 2 aliphatic carbocycles. The molecule has 0 heterocycles. The summed E-state index contributed by atoms with van der Waals surface area (Å²) in [5, 5.41) is 12.0. The lowest BCUT2D eigenvalue weighted by Gasteiger charge is -2.29. The van der Waals surface area contributed by atoms with E-state index >= 15 is 0 Å². The number of ether oxygens (including phenoxy) is 1. The number of nitrogens with zero attached hydrogens (tertiary/aromatic N) is 1. The Labute approximate surface area is 209 Å². The van der Waals surface area contributed by atoms with Crippen molar-refractivity contribution in [3.63, 3.8) is 0 Å². The van der Waals surface area contributed by atoms with Crippen LogP contribution >= 0.6 is 11.8 Å². The number of alkyl carbamates (subject to hydrolysis) is 1. The summed E-state index contributed by atoms with van der Waals surface area (Å²) in [5.41, 5.74) is 4.63. The Hall–Kier alpha value is -3.26. The zero-order valence-corrected chi connectivity index (χ0v) is 20.5. The van der Waals surface area contributed by atoms with Crippen molar-refractivity contribution < 1.29 is 24.2 Å². The molecular weight excluding hydrogens is 464 g/mol. The molecule has 0 aromatic heterocycles. The summed E-state index contributed by atoms with van der Waals surface area (Å²) in [6, 6.07) is 16.0. The van der Waals surface area contributed by atoms with Gasteiger partial charge in [0.15, 0.2) is 0 Å². The highest BCUT2D eigenvalue weighted by Gasteiger charge is 2.31. The highest BCUT2D eigenvalue weighted by atomic mass is 32.2. The minimum atomic E-state index is -1.03. The molecular formula is C27H30N2O5S. The van der Waals surface area contributed by atoms with E-state index in [1.54, 1.807) is 11.8 Å². The molecule has 0 saturated heterocycles. The maximum absolute atomic E-state index is 13.0. The Morgan fingerprint density at radius 2 is 1.74 bits per heavy atom. The average Bonchev–Trinajstić information content (AvgIpc) is 3.18. The number of carbonyl (C=O) groups excluding carboxylic acids is 2. The van der Waals surface area contributed by atoms with E-state index in [1.165, 1.54) is 16.0 Å². The van der Waals surface area contributed by atoms with Gasteiger partial charge in [0.05, 0.1) is 6.04 Å². The quantitative estimate of drug-likeness (QED) is 0.509. The van der Waals surface area contributed by atoms with Crippen LogP contribution in [0.15, 0.2) is 60.7 Å². The average molecular weight is 495 g/mol. The molecule has 2 aromatic carbocycles. The zero-order chi connectivity index (χ0) is 24.8. The fourth-order valence-electron chi connectivity index (χ4n) is 4.88. The lowest BCUT2D eigenvalue weighted by molar-refractivity contribution is -0.146. The zero-order valence-electron chi connectivity index (χ0n) is 19.7. The SMILES string of the molecule is CSCCN(CC(=O)O)C(=O)[C@@H]1CC=C[C@@H](NC(=O)OCC2c3ccccc3-c3ccccc32)C1. The third kappa shape index (κ3) is 5.88. The van der Waals surface area contributed by atoms with Crippen LogP contribution in [0.25, 0.3) is 11.1 Å². The number of carboxylic acid groups (broad SMARTS) is 1. The molecule has 2 atom stereocenters. The van der Waals surface area contributed by atoms with Crippen molar-refractivity contribution in [2.45, 2.75) is 24.8 Å². The van der Waals surface area contributed by atoms with Crippen molar-refractivity contribution in [3.05, 3.63) is 71.8 Å². The maximum Gasteiger partial charge on any atom is 0.407 e. The van der Waals surface area contributed by atoms with E-state index in [0.717, 1.165) is 11.1 Å². The summed E-state index contributed by atoms with van der Waals surface area (Å²) in [5.74, 6) is -0.946. The molecule has 2 amide bonds. The van der Waals surface area contributed by atoms with Gasteiger partial charge in [-0.25, -0.2) is 4.79 Å². The first-order valence-electron chi connectivity index (χ1n) is 11.8. The number of aliphatic carboxylic acids is 1. The van der Waals surface area contributed by atoms with Crippen molar-refractivity contribution in [1.29, 1.82) is 0 Å². The van der Waals surface area contributed by atoms with Gasteiger partial charge in [0.25, 0.3) is 0 Å². The summed E-state index contributed by atoms with van der Waals surface area (Å²) in [4.78, 5) is 38.2. The maximum atomic E-state index is 13.0. The van der Waals surface area contributed by atoms with Crippen molar-refractivity contribution in [1.82, 2.24) is 10.2 Å². The monoisotopic (exact) mass is 494 g/mol. The number of nitrogens with one attached hydrogen (secondary N) is 1. The summed E-state index contributed by atoms with van der Waals surface area (Å²) in [7, 11) is 0. The van der Waals surface area contributed by atoms with Gasteiger partial charge in [-0.3, -0.25) is 9.59 Å². The minimum absolute atomic E-state index is 0.0228. The van der Waals surface area contributed by atoms with Gasteiger partial charge in [-0.05, 0) is 41.4 Å². The third-order valence-corrected chi connectivity index (χ3v) is 7.12. The van der Waals surface area contributed by atoms with Gasteiger partial charge in [-0.2, -0.15) is 11.8 Å². The fourth-order valence-corrected chi connectivity index (χ4v) is 5.28. The topological polar surface area (TPSA) is 95.9 Å². The van der Waals surface area contributed by atoms with Gasteiger partial charge >= 0.3 is 12.1 Å². The van der Waals surface area contributed by atoms with Crippen LogP contribution in [0.1, 0.15) is 29.9 Å². The molecule has 8 heteroatoms. The van der Waals surface area contributed by atoms with Crippen LogP contribution in [0.4, 0.5) is 4.79 Å². The first-order chi connectivity index (χ1) is 17.0. The highest BCUT2D eigenvalue weighted by molar-refractivity contribution is 7.98. The van der Waals surface area contributed by atoms with Crippen LogP contribution in [-0.4, -0.2) is 65.7 Å². The number of benzene rings is 2. The van der Waals surface area contributed by atoms with E-state index in [2.05, 4.69) is 29.6 Å². The molecule has 35 heavy (non-hydrogen) atoms. The summed E-state index contributed by atoms with van der Waals surface area (Å²) in [6.07, 6.45) is 6.06. The lowest BCUT2D eigenvalue weighted by Crippen LogP contribution is -2.44. The van der Waals surface area contributed by atoms with E-state index in [4.69, 9.17) is 4.74 Å². The number of hydrogen-bond acceptors (Lipinski definition) is 5. The van der Waals surface area contributed by atoms with Gasteiger partial charge in [-0.15, -0.1) is 0 Å². The smallest absolute Gasteiger partial charge is 0.407 e. The molecule has 0 bridgehead atoms. The number of carbonyl (C=O) groups is 3. The molecule has 4 rings (SSSR count). The second-order valence-electron chi connectivity index (χ2n) is 8.82. The molecule has 0 spiro atoms. The number of hydrogen-bond donors (Lipinski definition) is 2. The first-order valence-corrected chi connectivity index (χ1v) is 13.1. The molecule has 7 nitrogen and oxygen atoms in total. The minimum Gasteiger partial charge on any atom is -0.480 e. The van der Waals surface area contributed by atoms with Gasteiger partial charge < -0.3 is 20.1 Å². The van der Waals surface area contributed by atoms with Crippen LogP contribution in [0.3, 0.4) is 0 Å². The lowest BCUT2D eigenvalue weighted by atomic mass is 9.90. The Bertz CT molecular complexity index is 1070. The van der Waals surface area contributed by atoms with E-state index in [-0.39, 0.29) is 36.9 Å². The van der Waals surface area contributed by atoms with Gasteiger partial charge in [-0.1, -0.05) is 60.7 Å². The second-order valence-corrected chi connectivity index (χ2v) is 9.80. The van der Waals surface area contributed by atoms with Crippen molar-refractivity contribution in [2.75, 3.05) is 31.7 Å². The summed E-state index contributed by atoms with van der Waals surface area (Å²) < 4.78 is 5.63. The van der Waals surface area contributed by atoms with Crippen molar-refractivity contribution >= 4 is 29.7 Å². The van der Waals surface area contributed by atoms with Crippen LogP contribution in [0.2, 0.25) is 0 Å². The summed E-state index contributed by atoms with van der Waals surface area (Å²) in [6.45, 7) is 0.292. The predicted molar refractivity (Wildman–Crippen MR) is 136 cm³/mol. The number of fused-ring (bicyclic) bond motifs is 3. The fraction of sp³-hybridized carbons (Fsp3) is 0.370. The standard InChI is InChI=1S/C27H30N2O5S/c1-35-14-13-29(16-25(30)31)26(32)18-7-6-8-19(15-18)28-27(33)34-17-24-22-11-4-2-9-20(22)21-10-3-5-12-23(21)24/h2-6,8-12,18-19,24H,7,13-17H2,1H3,(H,28,33)(H,30,31)/t18-,19-/m1/s1. The van der Waals surface area contributed by atoms with Crippen LogP contribution < -0.4 is 5.32 Å². The molecule has 0 aliphatic heterocycles. The number of amides is 2. The number of thioether (sulfide) groups is 1. The van der Waals surface area contributed by atoms with Crippen molar-refractivity contribution in [2.24, 2.45) is 5.92 Å².